The van der Waals surface area contributed by atoms with Gasteiger partial charge in [0.25, 0.3) is 0 Å². The maximum Gasteiger partial charge on any atom is 0.353 e. The van der Waals surface area contributed by atoms with E-state index in [1.807, 2.05) is 18.4 Å². The summed E-state index contributed by atoms with van der Waals surface area (Å²) in [5, 5.41) is 34.2. The summed E-state index contributed by atoms with van der Waals surface area (Å²) >= 11 is 2.72. The van der Waals surface area contributed by atoms with Crippen molar-refractivity contribution in [3.05, 3.63) is 27.8 Å². The Morgan fingerprint density at radius 3 is 2.93 bits per heavy atom. The van der Waals surface area contributed by atoms with Crippen LogP contribution in [0.1, 0.15) is 26.0 Å². The maximum atomic E-state index is 12.4. The van der Waals surface area contributed by atoms with Crippen LogP contribution in [0.4, 0.5) is 0 Å². The van der Waals surface area contributed by atoms with Crippen LogP contribution >= 0.6 is 23.1 Å². The van der Waals surface area contributed by atoms with Crippen molar-refractivity contribution >= 4 is 40.5 Å². The summed E-state index contributed by atoms with van der Waals surface area (Å²) < 4.78 is 0.712. The van der Waals surface area contributed by atoms with Gasteiger partial charge in [-0.05, 0) is 18.9 Å². The van der Waals surface area contributed by atoms with Crippen LogP contribution in [0.5, 0.6) is 0 Å². The molecule has 4 N–H and O–H groups in total. The zero-order chi connectivity index (χ0) is 20.9. The van der Waals surface area contributed by atoms with Gasteiger partial charge in [0.05, 0.1) is 30.4 Å². The number of carbonyl (C=O) groups is 2. The molecule has 3 aliphatic heterocycles. The minimum Gasteiger partial charge on any atom is -0.477 e. The highest BCUT2D eigenvalue weighted by atomic mass is 32.2. The first-order valence-electron chi connectivity index (χ1n) is 9.49. The van der Waals surface area contributed by atoms with Crippen molar-refractivity contribution in [3.63, 3.8) is 0 Å². The minimum absolute atomic E-state index is 0.00702. The number of hydrogen-bond donors (Lipinski definition) is 4. The number of aliphatic carboxylic acids is 1. The van der Waals surface area contributed by atoms with Crippen LogP contribution in [-0.2, 0) is 9.59 Å². The smallest absolute Gasteiger partial charge is 0.353 e. The van der Waals surface area contributed by atoms with Gasteiger partial charge in [-0.3, -0.25) is 4.79 Å². The number of thiazole rings is 1. The van der Waals surface area contributed by atoms with Gasteiger partial charge in [0.15, 0.2) is 4.34 Å². The number of amides is 1. The minimum atomic E-state index is -1.14. The van der Waals surface area contributed by atoms with Crippen LogP contribution in [-0.4, -0.2) is 68.4 Å². The lowest BCUT2D eigenvalue weighted by molar-refractivity contribution is -0.163. The van der Waals surface area contributed by atoms with E-state index in [2.05, 4.69) is 10.3 Å². The van der Waals surface area contributed by atoms with Crippen LogP contribution in [0.2, 0.25) is 0 Å². The SMILES string of the molecule is C[C@@H](O)[C@H]1C(=O)N2C(C(=O)O)=C(Sc3nc(C4=CCN[C@H](CO)C4)cs3)[C@H](C)[C@H]12. The zero-order valence-electron chi connectivity index (χ0n) is 16.0. The standard InChI is InChI=1S/C19H23N3O5S2/c1-8-14-13(9(2)24)17(25)22(14)15(18(26)27)16(8)29-19-21-12(7-28-19)10-3-4-20-11(5-10)6-23/h3,7-9,11,13-14,20,23-24H,4-6H2,1-2H3,(H,26,27)/t8-,9-,11+,13-,14-/m1/s1. The molecule has 4 rings (SSSR count). The highest BCUT2D eigenvalue weighted by molar-refractivity contribution is 8.04. The number of hydrogen-bond acceptors (Lipinski definition) is 8. The molecule has 156 valence electrons. The Morgan fingerprint density at radius 2 is 2.28 bits per heavy atom. The zero-order valence-corrected chi connectivity index (χ0v) is 17.7. The number of carbonyl (C=O) groups excluding carboxylic acids is 1. The predicted molar refractivity (Wildman–Crippen MR) is 109 cm³/mol. The van der Waals surface area contributed by atoms with Crippen LogP contribution in [0.3, 0.4) is 0 Å². The Kier molecular flexibility index (Phi) is 5.56. The van der Waals surface area contributed by atoms with Crippen LogP contribution in [0, 0.1) is 11.8 Å². The number of carboxylic acids is 1. The summed E-state index contributed by atoms with van der Waals surface area (Å²) in [5.74, 6) is -2.23. The quantitative estimate of drug-likeness (QED) is 0.489. The Bertz CT molecular complexity index is 909. The number of nitrogens with one attached hydrogen (secondary N) is 1. The summed E-state index contributed by atoms with van der Waals surface area (Å²) in [6.45, 7) is 4.20. The highest BCUT2D eigenvalue weighted by Gasteiger charge is 2.60. The summed E-state index contributed by atoms with van der Waals surface area (Å²) in [6.07, 6.45) is 1.92. The molecule has 0 radical (unpaired) electrons. The molecule has 0 aromatic carbocycles. The molecule has 0 spiro atoms. The van der Waals surface area contributed by atoms with Gasteiger partial charge in [-0.2, -0.15) is 0 Å². The molecule has 4 heterocycles. The molecule has 5 atom stereocenters. The third kappa shape index (κ3) is 3.42. The van der Waals surface area contributed by atoms with Gasteiger partial charge in [-0.1, -0.05) is 24.8 Å². The van der Waals surface area contributed by atoms with E-state index < -0.39 is 18.0 Å². The van der Waals surface area contributed by atoms with Gasteiger partial charge >= 0.3 is 5.97 Å². The summed E-state index contributed by atoms with van der Waals surface area (Å²) in [4.78, 5) is 30.9. The van der Waals surface area contributed by atoms with E-state index in [0.717, 1.165) is 11.3 Å². The average Bonchev–Trinajstić information content (AvgIpc) is 3.24. The van der Waals surface area contributed by atoms with E-state index in [1.54, 1.807) is 6.92 Å². The Morgan fingerprint density at radius 1 is 1.52 bits per heavy atom. The molecular weight excluding hydrogens is 414 g/mol. The average molecular weight is 438 g/mol. The van der Waals surface area contributed by atoms with Crippen LogP contribution < -0.4 is 5.32 Å². The maximum absolute atomic E-state index is 12.4. The van der Waals surface area contributed by atoms with Crippen molar-refractivity contribution in [2.45, 2.75) is 42.8 Å². The van der Waals surface area contributed by atoms with Gasteiger partial charge in [0.2, 0.25) is 5.91 Å². The van der Waals surface area contributed by atoms with Gasteiger partial charge in [-0.15, -0.1) is 11.3 Å². The molecule has 10 heteroatoms. The van der Waals surface area contributed by atoms with Crippen LogP contribution in [0.25, 0.3) is 5.57 Å². The third-order valence-electron chi connectivity index (χ3n) is 5.76. The molecule has 1 fully saturated rings. The molecule has 3 aliphatic rings. The predicted octanol–water partition coefficient (Wildman–Crippen LogP) is 1.13. The van der Waals surface area contributed by atoms with Crippen molar-refractivity contribution in [2.75, 3.05) is 13.2 Å². The Balaban J connectivity index is 1.58. The molecule has 1 saturated heterocycles. The Hall–Kier alpha value is -1.72. The van der Waals surface area contributed by atoms with Gasteiger partial charge < -0.3 is 25.5 Å². The summed E-state index contributed by atoms with van der Waals surface area (Å²) in [6, 6.07) is -0.316. The topological polar surface area (TPSA) is 123 Å². The second-order valence-electron chi connectivity index (χ2n) is 7.59. The number of thioether (sulfide) groups is 1. The molecule has 0 aliphatic carbocycles. The second-order valence-corrected chi connectivity index (χ2v) is 9.74. The fraction of sp³-hybridized carbons (Fsp3) is 0.526. The van der Waals surface area contributed by atoms with Crippen molar-refractivity contribution in [1.82, 2.24) is 15.2 Å². The second kappa shape index (κ2) is 7.84. The number of aliphatic hydroxyl groups is 2. The van der Waals surface area contributed by atoms with E-state index in [-0.39, 0.29) is 36.2 Å². The van der Waals surface area contributed by atoms with Gasteiger partial charge in [0.1, 0.15) is 5.70 Å². The summed E-state index contributed by atoms with van der Waals surface area (Å²) in [5.41, 5.74) is 1.90. The molecular formula is C19H23N3O5S2. The van der Waals surface area contributed by atoms with E-state index in [0.29, 0.717) is 22.2 Å². The number of rotatable bonds is 6. The van der Waals surface area contributed by atoms with Crippen molar-refractivity contribution in [3.8, 4) is 0 Å². The molecule has 29 heavy (non-hydrogen) atoms. The first-order valence-corrected chi connectivity index (χ1v) is 11.2. The van der Waals surface area contributed by atoms with Crippen LogP contribution in [0.15, 0.2) is 26.4 Å². The molecule has 0 bridgehead atoms. The monoisotopic (exact) mass is 437 g/mol. The lowest BCUT2D eigenvalue weighted by Crippen LogP contribution is -2.63. The van der Waals surface area contributed by atoms with Crippen molar-refractivity contribution in [1.29, 1.82) is 0 Å². The fourth-order valence-corrected chi connectivity index (χ4v) is 6.42. The molecule has 0 unspecified atom stereocenters. The van der Waals surface area contributed by atoms with E-state index in [4.69, 9.17) is 0 Å². The number of aromatic nitrogens is 1. The normalized spacial score (nSPS) is 30.1. The lowest BCUT2D eigenvalue weighted by atomic mass is 9.79. The Labute approximate surface area is 176 Å². The molecule has 1 amide bonds. The van der Waals surface area contributed by atoms with Crippen molar-refractivity contribution in [2.24, 2.45) is 11.8 Å². The molecule has 1 aromatic heterocycles. The third-order valence-corrected chi connectivity index (χ3v) is 7.99. The number of nitrogens with zero attached hydrogens (tertiary/aromatic N) is 2. The first kappa shape index (κ1) is 20.5. The van der Waals surface area contributed by atoms with E-state index >= 15 is 0 Å². The fourth-order valence-electron chi connectivity index (χ4n) is 4.31. The number of fused-ring (bicyclic) bond motifs is 1. The lowest BCUT2D eigenvalue weighted by Gasteiger charge is -2.46. The highest BCUT2D eigenvalue weighted by Crippen LogP contribution is 2.52. The molecule has 1 aromatic rings. The van der Waals surface area contributed by atoms with Crippen molar-refractivity contribution < 1.29 is 24.9 Å². The van der Waals surface area contributed by atoms with E-state index in [9.17, 15) is 24.9 Å². The number of carboxylic acid groups (broad SMARTS) is 1. The largest absolute Gasteiger partial charge is 0.477 e. The van der Waals surface area contributed by atoms with Gasteiger partial charge in [0, 0.05) is 28.8 Å². The summed E-state index contributed by atoms with van der Waals surface area (Å²) in [7, 11) is 0. The number of aliphatic hydroxyl groups excluding tert-OH is 2. The van der Waals surface area contributed by atoms with Gasteiger partial charge in [-0.25, -0.2) is 9.78 Å². The number of β-lactam (4-membered cyclic amide) rings is 1. The first-order chi connectivity index (χ1) is 13.8. The molecule has 0 saturated carbocycles. The molecule has 8 nitrogen and oxygen atoms in total. The van der Waals surface area contributed by atoms with E-state index in [1.165, 1.54) is 28.0 Å².